The first-order valence-electron chi connectivity index (χ1n) is 6.90. The summed E-state index contributed by atoms with van der Waals surface area (Å²) in [4.78, 5) is 12.0. The Morgan fingerprint density at radius 1 is 1.30 bits per heavy atom. The molecule has 0 fully saturated rings. The monoisotopic (exact) mass is 330 g/mol. The number of hydrogen-bond donors (Lipinski definition) is 1. The Kier molecular flexibility index (Phi) is 4.39. The van der Waals surface area contributed by atoms with Gasteiger partial charge in [0.2, 0.25) is 0 Å². The molecule has 1 aromatic carbocycles. The molecule has 0 bridgehead atoms. The molecule has 0 radical (unpaired) electrons. The summed E-state index contributed by atoms with van der Waals surface area (Å²) in [5.74, 6) is -0.702. The highest BCUT2D eigenvalue weighted by atomic mass is 19.4. The summed E-state index contributed by atoms with van der Waals surface area (Å²) in [6.07, 6.45) is -5.78. The van der Waals surface area contributed by atoms with Crippen molar-refractivity contribution in [1.82, 2.24) is 5.01 Å². The van der Waals surface area contributed by atoms with Crippen molar-refractivity contribution in [1.29, 1.82) is 0 Å². The number of ether oxygens (including phenoxy) is 1. The van der Waals surface area contributed by atoms with Gasteiger partial charge in [0.05, 0.1) is 0 Å². The van der Waals surface area contributed by atoms with Gasteiger partial charge in [-0.25, -0.2) is 0 Å². The van der Waals surface area contributed by atoms with Gasteiger partial charge in [-0.3, -0.25) is 4.79 Å². The van der Waals surface area contributed by atoms with E-state index >= 15 is 0 Å². The third-order valence-electron chi connectivity index (χ3n) is 3.37. The largest absolute Gasteiger partial charge is 0.484 e. The van der Waals surface area contributed by atoms with Gasteiger partial charge in [0.15, 0.2) is 6.61 Å². The quantitative estimate of drug-likeness (QED) is 0.926. The van der Waals surface area contributed by atoms with E-state index in [1.54, 1.807) is 12.1 Å². The topological polar surface area (TPSA) is 62.1 Å². The minimum Gasteiger partial charge on any atom is -0.484 e. The van der Waals surface area contributed by atoms with Gasteiger partial charge in [0.25, 0.3) is 11.6 Å². The first-order chi connectivity index (χ1) is 10.5. The number of rotatable bonds is 3. The van der Waals surface area contributed by atoms with Crippen molar-refractivity contribution in [3.05, 3.63) is 29.3 Å². The number of amides is 1. The standard InChI is InChI=1S/C15H17F3N2O3/c1-9-4-10(2)6-12(5-9)23-8-13(21)20-14(22,15(16,17)18)7-11(3)19-20/h4-6,22H,7-8H2,1-3H3/t14-/m0/s1. The van der Waals surface area contributed by atoms with Crippen molar-refractivity contribution >= 4 is 11.6 Å². The van der Waals surface area contributed by atoms with Crippen LogP contribution in [0.1, 0.15) is 24.5 Å². The lowest BCUT2D eigenvalue weighted by molar-refractivity contribution is -0.302. The fourth-order valence-electron chi connectivity index (χ4n) is 2.43. The Labute approximate surface area is 131 Å². The van der Waals surface area contributed by atoms with Crippen LogP contribution in [0.15, 0.2) is 23.3 Å². The molecule has 0 saturated heterocycles. The maximum Gasteiger partial charge on any atom is 0.438 e. The van der Waals surface area contributed by atoms with Crippen molar-refractivity contribution in [2.24, 2.45) is 5.10 Å². The van der Waals surface area contributed by atoms with Gasteiger partial charge in [-0.1, -0.05) is 6.07 Å². The lowest BCUT2D eigenvalue weighted by Gasteiger charge is -2.32. The Bertz CT molecular complexity index is 638. The number of hydrazone groups is 1. The molecule has 2 rings (SSSR count). The van der Waals surface area contributed by atoms with Gasteiger partial charge < -0.3 is 9.84 Å². The lowest BCUT2D eigenvalue weighted by Crippen LogP contribution is -2.57. The molecule has 0 aliphatic carbocycles. The van der Waals surface area contributed by atoms with Gasteiger partial charge in [-0.05, 0) is 44.0 Å². The Morgan fingerprint density at radius 2 is 1.87 bits per heavy atom. The van der Waals surface area contributed by atoms with Crippen molar-refractivity contribution in [2.75, 3.05) is 6.61 Å². The van der Waals surface area contributed by atoms with E-state index in [1.165, 1.54) is 6.92 Å². The summed E-state index contributed by atoms with van der Waals surface area (Å²) >= 11 is 0. The van der Waals surface area contributed by atoms with E-state index in [9.17, 15) is 23.1 Å². The van der Waals surface area contributed by atoms with Crippen molar-refractivity contribution in [3.63, 3.8) is 0 Å². The normalized spacial score (nSPS) is 21.3. The summed E-state index contributed by atoms with van der Waals surface area (Å²) in [7, 11) is 0. The smallest absolute Gasteiger partial charge is 0.438 e. The first kappa shape index (κ1) is 17.3. The molecule has 1 amide bonds. The molecule has 1 aliphatic rings. The molecular formula is C15H17F3N2O3. The highest BCUT2D eigenvalue weighted by molar-refractivity contribution is 5.89. The zero-order valence-corrected chi connectivity index (χ0v) is 12.9. The molecule has 1 aromatic rings. The van der Waals surface area contributed by atoms with Gasteiger partial charge in [-0.2, -0.15) is 23.3 Å². The summed E-state index contributed by atoms with van der Waals surface area (Å²) in [5.41, 5.74) is -1.51. The van der Waals surface area contributed by atoms with Crippen molar-refractivity contribution in [3.8, 4) is 5.75 Å². The van der Waals surface area contributed by atoms with Crippen LogP contribution in [0.4, 0.5) is 13.2 Å². The van der Waals surface area contributed by atoms with Gasteiger partial charge in [0.1, 0.15) is 5.75 Å². The fraction of sp³-hybridized carbons (Fsp3) is 0.467. The molecule has 1 aliphatic heterocycles. The molecule has 1 atom stereocenters. The zero-order chi connectivity index (χ0) is 17.4. The molecule has 0 saturated carbocycles. The van der Waals surface area contributed by atoms with Crippen LogP contribution >= 0.6 is 0 Å². The number of nitrogens with zero attached hydrogens (tertiary/aromatic N) is 2. The summed E-state index contributed by atoms with van der Waals surface area (Å²) in [5, 5.41) is 13.4. The van der Waals surface area contributed by atoms with Crippen LogP contribution in [0.2, 0.25) is 0 Å². The second-order valence-corrected chi connectivity index (χ2v) is 5.64. The maximum atomic E-state index is 13.0. The van der Waals surface area contributed by atoms with Crippen LogP contribution in [0, 0.1) is 13.8 Å². The molecule has 5 nitrogen and oxygen atoms in total. The SMILES string of the molecule is CC1=NN(C(=O)COc2cc(C)cc(C)c2)[C@@](O)(C(F)(F)F)C1. The molecule has 23 heavy (non-hydrogen) atoms. The molecule has 0 aromatic heterocycles. The van der Waals surface area contributed by atoms with Gasteiger partial charge in [-0.15, -0.1) is 0 Å². The Balaban J connectivity index is 2.13. The number of hydrogen-bond acceptors (Lipinski definition) is 4. The Morgan fingerprint density at radius 3 is 2.39 bits per heavy atom. The number of aryl methyl sites for hydroxylation is 2. The number of carbonyl (C=O) groups excluding carboxylic acids is 1. The highest BCUT2D eigenvalue weighted by Gasteiger charge is 2.62. The number of halogens is 3. The first-order valence-corrected chi connectivity index (χ1v) is 6.90. The van der Waals surface area contributed by atoms with Crippen LogP contribution in [0.3, 0.4) is 0 Å². The molecule has 0 unspecified atom stereocenters. The third-order valence-corrected chi connectivity index (χ3v) is 3.37. The van der Waals surface area contributed by atoms with E-state index < -0.39 is 30.8 Å². The van der Waals surface area contributed by atoms with E-state index in [1.807, 2.05) is 19.9 Å². The number of carbonyl (C=O) groups is 1. The maximum absolute atomic E-state index is 13.0. The highest BCUT2D eigenvalue weighted by Crippen LogP contribution is 2.40. The average molecular weight is 330 g/mol. The zero-order valence-electron chi connectivity index (χ0n) is 12.9. The third kappa shape index (κ3) is 3.47. The lowest BCUT2D eigenvalue weighted by atomic mass is 10.1. The van der Waals surface area contributed by atoms with Crippen LogP contribution in [0.5, 0.6) is 5.75 Å². The van der Waals surface area contributed by atoms with Crippen LogP contribution in [-0.2, 0) is 4.79 Å². The number of benzene rings is 1. The van der Waals surface area contributed by atoms with Gasteiger partial charge in [0, 0.05) is 12.1 Å². The van der Waals surface area contributed by atoms with Crippen molar-refractivity contribution in [2.45, 2.75) is 39.1 Å². The summed E-state index contributed by atoms with van der Waals surface area (Å²) in [6.45, 7) is 4.32. The molecule has 1 N–H and O–H groups in total. The summed E-state index contributed by atoms with van der Waals surface area (Å²) in [6, 6.07) is 5.22. The van der Waals surface area contributed by atoms with E-state index in [2.05, 4.69) is 5.10 Å². The molecule has 0 spiro atoms. The Hall–Kier alpha value is -2.09. The number of alkyl halides is 3. The predicted molar refractivity (Wildman–Crippen MR) is 77.0 cm³/mol. The summed E-state index contributed by atoms with van der Waals surface area (Å²) < 4.78 is 44.4. The second-order valence-electron chi connectivity index (χ2n) is 5.64. The second kappa shape index (κ2) is 5.84. The van der Waals surface area contributed by atoms with Gasteiger partial charge >= 0.3 is 6.18 Å². The molecule has 126 valence electrons. The predicted octanol–water partition coefficient (Wildman–Crippen LogP) is 2.54. The van der Waals surface area contributed by atoms with E-state index in [-0.39, 0.29) is 10.7 Å². The average Bonchev–Trinajstić information content (AvgIpc) is 2.71. The van der Waals surface area contributed by atoms with E-state index in [0.717, 1.165) is 11.1 Å². The van der Waals surface area contributed by atoms with Crippen LogP contribution in [-0.4, -0.2) is 40.2 Å². The van der Waals surface area contributed by atoms with E-state index in [0.29, 0.717) is 5.75 Å². The fourth-order valence-corrected chi connectivity index (χ4v) is 2.43. The van der Waals surface area contributed by atoms with Crippen LogP contribution < -0.4 is 4.74 Å². The molecular weight excluding hydrogens is 313 g/mol. The van der Waals surface area contributed by atoms with Crippen LogP contribution in [0.25, 0.3) is 0 Å². The minimum atomic E-state index is -5.01. The molecule has 8 heteroatoms. The van der Waals surface area contributed by atoms with E-state index in [4.69, 9.17) is 4.74 Å². The van der Waals surface area contributed by atoms with Crippen molar-refractivity contribution < 1.29 is 27.8 Å². The number of aliphatic hydroxyl groups is 1. The molecule has 1 heterocycles. The minimum absolute atomic E-state index is 0.0181.